The third-order valence-corrected chi connectivity index (χ3v) is 3.48. The maximum Gasteiger partial charge on any atom is 0.291 e. The first kappa shape index (κ1) is 16.4. The lowest BCUT2D eigenvalue weighted by atomic mass is 10.1. The van der Waals surface area contributed by atoms with Crippen LogP contribution >= 0.6 is 0 Å². The van der Waals surface area contributed by atoms with E-state index in [0.29, 0.717) is 12.2 Å². The summed E-state index contributed by atoms with van der Waals surface area (Å²) in [7, 11) is 1.64. The molecule has 1 aromatic rings. The molecule has 0 spiro atoms. The van der Waals surface area contributed by atoms with Gasteiger partial charge in [-0.15, -0.1) is 0 Å². The fraction of sp³-hybridized carbons (Fsp3) is 0.600. The van der Waals surface area contributed by atoms with Gasteiger partial charge < -0.3 is 9.64 Å². The van der Waals surface area contributed by atoms with Gasteiger partial charge in [-0.2, -0.15) is 5.26 Å². The lowest BCUT2D eigenvalue weighted by Gasteiger charge is -2.14. The van der Waals surface area contributed by atoms with E-state index in [1.807, 2.05) is 13.0 Å². The molecular formula is C15H26N4O+2. The highest BCUT2D eigenvalue weighted by molar-refractivity contribution is 5.52. The highest BCUT2D eigenvalue weighted by Crippen LogP contribution is 2.15. The summed E-state index contributed by atoms with van der Waals surface area (Å²) in [6, 6.07) is 4.22. The van der Waals surface area contributed by atoms with Crippen molar-refractivity contribution >= 4 is 5.82 Å². The van der Waals surface area contributed by atoms with E-state index < -0.39 is 0 Å². The average molecular weight is 278 g/mol. The van der Waals surface area contributed by atoms with Gasteiger partial charge in [-0.3, -0.25) is 5.32 Å². The lowest BCUT2D eigenvalue weighted by Crippen LogP contribution is -3.12. The molecule has 0 atom stereocenters. The molecule has 0 bridgehead atoms. The number of rotatable bonds is 8. The van der Waals surface area contributed by atoms with Gasteiger partial charge in [0.25, 0.3) is 5.82 Å². The van der Waals surface area contributed by atoms with Gasteiger partial charge in [-0.05, 0) is 26.8 Å². The molecule has 5 heteroatoms. The zero-order valence-corrected chi connectivity index (χ0v) is 13.0. The Hall–Kier alpha value is -1.64. The number of nitrogens with zero attached hydrogens (tertiary/aromatic N) is 1. The molecule has 0 saturated heterocycles. The second kappa shape index (κ2) is 8.51. The van der Waals surface area contributed by atoms with Crippen LogP contribution in [0.15, 0.2) is 6.07 Å². The van der Waals surface area contributed by atoms with E-state index >= 15 is 0 Å². The number of aryl methyl sites for hydroxylation is 1. The number of pyridine rings is 1. The van der Waals surface area contributed by atoms with E-state index in [1.165, 1.54) is 0 Å². The molecule has 0 aromatic carbocycles. The van der Waals surface area contributed by atoms with Crippen LogP contribution in [0.1, 0.15) is 30.7 Å². The van der Waals surface area contributed by atoms with Crippen LogP contribution in [-0.4, -0.2) is 33.3 Å². The summed E-state index contributed by atoms with van der Waals surface area (Å²) < 4.78 is 5.16. The van der Waals surface area contributed by atoms with Gasteiger partial charge >= 0.3 is 0 Å². The van der Waals surface area contributed by atoms with Crippen LogP contribution in [-0.2, 0) is 11.3 Å². The first-order chi connectivity index (χ1) is 9.65. The Bertz CT molecular complexity index is 464. The van der Waals surface area contributed by atoms with Gasteiger partial charge in [0.2, 0.25) is 0 Å². The van der Waals surface area contributed by atoms with Crippen LogP contribution in [0.4, 0.5) is 5.82 Å². The summed E-state index contributed by atoms with van der Waals surface area (Å²) in [4.78, 5) is 4.78. The van der Waals surface area contributed by atoms with Crippen LogP contribution in [0, 0.1) is 18.3 Å². The van der Waals surface area contributed by atoms with E-state index in [2.05, 4.69) is 30.2 Å². The second-order valence-electron chi connectivity index (χ2n) is 4.91. The largest absolute Gasteiger partial charge is 0.380 e. The summed E-state index contributed by atoms with van der Waals surface area (Å²) in [5.74, 6) is 0.797. The number of ether oxygens (including phenoxy) is 1. The standard InChI is InChI=1S/C15H24N4O/c1-5-19(6-2)8-7-17-15-14(10-16)13(11-20-4)9-12(3)18-15/h9H,5-8,11H2,1-4H3,(H,17,18)/p+2. The monoisotopic (exact) mass is 278 g/mol. The second-order valence-corrected chi connectivity index (χ2v) is 4.91. The Labute approximate surface area is 121 Å². The first-order valence-electron chi connectivity index (χ1n) is 7.18. The summed E-state index contributed by atoms with van der Waals surface area (Å²) in [5.41, 5.74) is 2.59. The zero-order chi connectivity index (χ0) is 15.0. The number of H-pyrrole nitrogens is 1. The number of hydrogen-bond donors (Lipinski definition) is 2. The molecule has 0 aliphatic rings. The molecule has 0 radical (unpaired) electrons. The fourth-order valence-electron chi connectivity index (χ4n) is 2.29. The van der Waals surface area contributed by atoms with E-state index in [4.69, 9.17) is 4.74 Å². The van der Waals surface area contributed by atoms with Crippen LogP contribution in [0.3, 0.4) is 0 Å². The predicted molar refractivity (Wildman–Crippen MR) is 78.6 cm³/mol. The van der Waals surface area contributed by atoms with Crippen molar-refractivity contribution in [3.8, 4) is 6.07 Å². The summed E-state index contributed by atoms with van der Waals surface area (Å²) in [5, 5.41) is 12.7. The summed E-state index contributed by atoms with van der Waals surface area (Å²) in [6.07, 6.45) is 0. The molecule has 0 unspecified atom stereocenters. The number of anilines is 1. The maximum absolute atomic E-state index is 9.35. The van der Waals surface area contributed by atoms with Gasteiger partial charge in [0.1, 0.15) is 24.7 Å². The van der Waals surface area contributed by atoms with Crippen LogP contribution in [0.25, 0.3) is 0 Å². The molecule has 5 nitrogen and oxygen atoms in total. The number of likely N-dealkylation sites (N-methyl/N-ethyl adjacent to an activating group) is 1. The van der Waals surface area contributed by atoms with Crippen molar-refractivity contribution in [1.82, 2.24) is 0 Å². The number of nitrogens with one attached hydrogen (secondary N) is 3. The summed E-state index contributed by atoms with van der Waals surface area (Å²) in [6.45, 7) is 10.9. The SMILES string of the molecule is CC[NH+](CC)CCNc1[nH+]c(C)cc(COC)c1C#N. The number of quaternary nitrogens is 1. The molecule has 1 rings (SSSR count). The van der Waals surface area contributed by atoms with E-state index in [0.717, 1.165) is 43.3 Å². The molecule has 0 aliphatic carbocycles. The molecule has 3 N–H and O–H groups in total. The minimum absolute atomic E-state index is 0.453. The Morgan fingerprint density at radius 1 is 1.40 bits per heavy atom. The molecule has 20 heavy (non-hydrogen) atoms. The lowest BCUT2D eigenvalue weighted by molar-refractivity contribution is -0.894. The normalized spacial score (nSPS) is 10.6. The van der Waals surface area contributed by atoms with Crippen LogP contribution in [0.2, 0.25) is 0 Å². The smallest absolute Gasteiger partial charge is 0.291 e. The molecule has 110 valence electrons. The highest BCUT2D eigenvalue weighted by Gasteiger charge is 2.16. The third-order valence-electron chi connectivity index (χ3n) is 3.48. The van der Waals surface area contributed by atoms with Crippen molar-refractivity contribution in [1.29, 1.82) is 5.26 Å². The van der Waals surface area contributed by atoms with Crippen molar-refractivity contribution in [2.24, 2.45) is 0 Å². The Morgan fingerprint density at radius 3 is 2.65 bits per heavy atom. The number of nitriles is 1. The Morgan fingerprint density at radius 2 is 2.10 bits per heavy atom. The number of aromatic nitrogens is 1. The van der Waals surface area contributed by atoms with Gasteiger partial charge in [0, 0.05) is 12.7 Å². The third kappa shape index (κ3) is 4.48. The van der Waals surface area contributed by atoms with Crippen molar-refractivity contribution in [3.63, 3.8) is 0 Å². The van der Waals surface area contributed by atoms with Gasteiger partial charge in [-0.25, -0.2) is 4.98 Å². The van der Waals surface area contributed by atoms with E-state index in [-0.39, 0.29) is 0 Å². The Kier molecular flexibility index (Phi) is 6.99. The topological polar surface area (TPSA) is 63.6 Å². The minimum atomic E-state index is 0.453. The van der Waals surface area contributed by atoms with Gasteiger partial charge in [0.05, 0.1) is 25.4 Å². The zero-order valence-electron chi connectivity index (χ0n) is 13.0. The molecule has 0 amide bonds. The molecular weight excluding hydrogens is 252 g/mol. The van der Waals surface area contributed by atoms with Crippen LogP contribution < -0.4 is 15.2 Å². The maximum atomic E-state index is 9.35. The van der Waals surface area contributed by atoms with Gasteiger partial charge in [-0.1, -0.05) is 0 Å². The fourth-order valence-corrected chi connectivity index (χ4v) is 2.29. The Balaban J connectivity index is 2.81. The molecule has 1 heterocycles. The highest BCUT2D eigenvalue weighted by atomic mass is 16.5. The van der Waals surface area contributed by atoms with Crippen LogP contribution in [0.5, 0.6) is 0 Å². The predicted octanol–water partition coefficient (Wildman–Crippen LogP) is 0.164. The first-order valence-corrected chi connectivity index (χ1v) is 7.18. The van der Waals surface area contributed by atoms with Crippen molar-refractivity contribution < 1.29 is 14.6 Å². The number of aromatic amines is 1. The van der Waals surface area contributed by atoms with Crippen molar-refractivity contribution in [2.45, 2.75) is 27.4 Å². The van der Waals surface area contributed by atoms with E-state index in [9.17, 15) is 5.26 Å². The molecule has 0 saturated carbocycles. The van der Waals surface area contributed by atoms with E-state index in [1.54, 1.807) is 12.0 Å². The molecule has 0 aliphatic heterocycles. The summed E-state index contributed by atoms with van der Waals surface area (Å²) >= 11 is 0. The van der Waals surface area contributed by atoms with Gasteiger partial charge in [0.15, 0.2) is 0 Å². The molecule has 1 aromatic heterocycles. The van der Waals surface area contributed by atoms with Crippen molar-refractivity contribution in [2.75, 3.05) is 38.6 Å². The van der Waals surface area contributed by atoms with Crippen molar-refractivity contribution in [3.05, 3.63) is 22.9 Å². The minimum Gasteiger partial charge on any atom is -0.380 e. The number of hydrogen-bond acceptors (Lipinski definition) is 3. The quantitative estimate of drug-likeness (QED) is 0.712. The number of methoxy groups -OCH3 is 1. The average Bonchev–Trinajstić information content (AvgIpc) is 2.44. The molecule has 0 fully saturated rings.